The van der Waals surface area contributed by atoms with E-state index in [1.54, 1.807) is 13.8 Å². The van der Waals surface area contributed by atoms with Crippen molar-refractivity contribution in [3.05, 3.63) is 21.5 Å². The van der Waals surface area contributed by atoms with Crippen LogP contribution in [0.4, 0.5) is 5.69 Å². The van der Waals surface area contributed by atoms with Crippen LogP contribution in [-0.2, 0) is 16.1 Å². The van der Waals surface area contributed by atoms with Crippen LogP contribution < -0.4 is 0 Å². The molecule has 0 saturated heterocycles. The number of rotatable bonds is 7. The minimum atomic E-state index is -1.08. The second kappa shape index (κ2) is 6.82. The van der Waals surface area contributed by atoms with Crippen molar-refractivity contribution in [3.8, 4) is 0 Å². The number of hydrogen-bond acceptors (Lipinski definition) is 5. The molecule has 0 aliphatic carbocycles. The number of carbonyl (C=O) groups excluding carboxylic acids is 1. The molecule has 1 aromatic heterocycles. The van der Waals surface area contributed by atoms with Gasteiger partial charge in [-0.3, -0.25) is 24.4 Å². The molecule has 9 heteroatoms. The molecule has 1 amide bonds. The van der Waals surface area contributed by atoms with Gasteiger partial charge in [-0.25, -0.2) is 0 Å². The molecule has 0 atom stereocenters. The number of aromatic nitrogens is 2. The van der Waals surface area contributed by atoms with E-state index in [0.29, 0.717) is 17.9 Å². The highest BCUT2D eigenvalue weighted by Gasteiger charge is 2.22. The van der Waals surface area contributed by atoms with Gasteiger partial charge in [0.05, 0.1) is 11.5 Å². The normalized spacial score (nSPS) is 10.4. The van der Waals surface area contributed by atoms with E-state index in [4.69, 9.17) is 5.11 Å². The minimum Gasteiger partial charge on any atom is -0.480 e. The standard InChI is InChI=1S/C12H18N4O5/c1-4-14(7-11(18)19)10(17)5-6-15-9(3)12(16(20)21)8(2)13-15/h4-7H2,1-3H3,(H,18,19). The maximum atomic E-state index is 11.9. The molecular weight excluding hydrogens is 280 g/mol. The largest absolute Gasteiger partial charge is 0.480 e. The van der Waals surface area contributed by atoms with E-state index in [0.717, 1.165) is 0 Å². The van der Waals surface area contributed by atoms with Gasteiger partial charge in [0, 0.05) is 13.0 Å². The van der Waals surface area contributed by atoms with Crippen LogP contribution in [0.25, 0.3) is 0 Å². The average molecular weight is 298 g/mol. The lowest BCUT2D eigenvalue weighted by atomic mass is 10.3. The maximum Gasteiger partial charge on any atom is 0.323 e. The molecule has 0 unspecified atom stereocenters. The van der Waals surface area contributed by atoms with Crippen molar-refractivity contribution in [2.75, 3.05) is 13.1 Å². The smallest absolute Gasteiger partial charge is 0.323 e. The number of aryl methyl sites for hydroxylation is 2. The Labute approximate surface area is 121 Å². The van der Waals surface area contributed by atoms with E-state index in [1.165, 1.54) is 16.5 Å². The Kier molecular flexibility index (Phi) is 5.39. The number of carboxylic acids is 1. The second-order valence-corrected chi connectivity index (χ2v) is 4.55. The van der Waals surface area contributed by atoms with Crippen molar-refractivity contribution in [2.45, 2.75) is 33.7 Å². The highest BCUT2D eigenvalue weighted by Crippen LogP contribution is 2.21. The molecule has 0 bridgehead atoms. The van der Waals surface area contributed by atoms with E-state index in [9.17, 15) is 19.7 Å². The van der Waals surface area contributed by atoms with Crippen molar-refractivity contribution in [2.24, 2.45) is 0 Å². The number of aliphatic carboxylic acids is 1. The molecule has 0 radical (unpaired) electrons. The predicted octanol–water partition coefficient (Wildman–Crippen LogP) is 0.731. The monoisotopic (exact) mass is 298 g/mol. The number of likely N-dealkylation sites (N-methyl/N-ethyl adjacent to an activating group) is 1. The quantitative estimate of drug-likeness (QED) is 0.585. The Morgan fingerprint density at radius 1 is 1.43 bits per heavy atom. The fourth-order valence-corrected chi connectivity index (χ4v) is 2.07. The molecule has 0 aliphatic heterocycles. The van der Waals surface area contributed by atoms with Crippen LogP contribution in [-0.4, -0.2) is 49.7 Å². The Morgan fingerprint density at radius 2 is 2.05 bits per heavy atom. The van der Waals surface area contributed by atoms with Crippen LogP contribution in [0.1, 0.15) is 24.7 Å². The number of carbonyl (C=O) groups is 2. The molecule has 9 nitrogen and oxygen atoms in total. The summed E-state index contributed by atoms with van der Waals surface area (Å²) in [4.78, 5) is 34.1. The topological polar surface area (TPSA) is 119 Å². The van der Waals surface area contributed by atoms with Crippen LogP contribution >= 0.6 is 0 Å². The highest BCUT2D eigenvalue weighted by atomic mass is 16.6. The molecular formula is C12H18N4O5. The van der Waals surface area contributed by atoms with Gasteiger partial charge < -0.3 is 10.0 Å². The predicted molar refractivity (Wildman–Crippen MR) is 72.9 cm³/mol. The van der Waals surface area contributed by atoms with E-state index in [1.807, 2.05) is 0 Å². The highest BCUT2D eigenvalue weighted by molar-refractivity contribution is 5.81. The van der Waals surface area contributed by atoms with E-state index in [2.05, 4.69) is 5.10 Å². The van der Waals surface area contributed by atoms with Crippen molar-refractivity contribution in [1.29, 1.82) is 0 Å². The van der Waals surface area contributed by atoms with Gasteiger partial charge in [0.1, 0.15) is 17.9 Å². The zero-order valence-corrected chi connectivity index (χ0v) is 12.2. The van der Waals surface area contributed by atoms with Gasteiger partial charge in [0.2, 0.25) is 5.91 Å². The van der Waals surface area contributed by atoms with Crippen LogP contribution in [0.5, 0.6) is 0 Å². The molecule has 0 aromatic carbocycles. The van der Waals surface area contributed by atoms with Crippen molar-refractivity contribution in [1.82, 2.24) is 14.7 Å². The van der Waals surface area contributed by atoms with Crippen molar-refractivity contribution in [3.63, 3.8) is 0 Å². The molecule has 1 rings (SSSR count). The number of nitrogens with zero attached hydrogens (tertiary/aromatic N) is 4. The van der Waals surface area contributed by atoms with Gasteiger partial charge in [-0.15, -0.1) is 0 Å². The Bertz CT molecular complexity index is 566. The van der Waals surface area contributed by atoms with Crippen LogP contribution in [0, 0.1) is 24.0 Å². The van der Waals surface area contributed by atoms with Gasteiger partial charge in [-0.1, -0.05) is 0 Å². The SMILES string of the molecule is CCN(CC(=O)O)C(=O)CCn1nc(C)c([N+](=O)[O-])c1C. The zero-order chi connectivity index (χ0) is 16.2. The molecule has 0 spiro atoms. The third-order valence-corrected chi connectivity index (χ3v) is 3.12. The third-order valence-electron chi connectivity index (χ3n) is 3.12. The molecule has 0 saturated carbocycles. The van der Waals surface area contributed by atoms with Gasteiger partial charge in [0.25, 0.3) is 0 Å². The first-order chi connectivity index (χ1) is 9.77. The number of hydrogen-bond donors (Lipinski definition) is 1. The first-order valence-corrected chi connectivity index (χ1v) is 6.45. The van der Waals surface area contributed by atoms with Gasteiger partial charge >= 0.3 is 11.7 Å². The molecule has 1 N–H and O–H groups in total. The summed E-state index contributed by atoms with van der Waals surface area (Å²) in [6, 6.07) is 0. The van der Waals surface area contributed by atoms with Crippen LogP contribution in [0.2, 0.25) is 0 Å². The Balaban J connectivity index is 2.75. The average Bonchev–Trinajstić information content (AvgIpc) is 2.67. The summed E-state index contributed by atoms with van der Waals surface area (Å²) in [6.45, 7) is 4.91. The van der Waals surface area contributed by atoms with Gasteiger partial charge in [0.15, 0.2) is 0 Å². The number of nitro groups is 1. The third kappa shape index (κ3) is 4.01. The molecule has 116 valence electrons. The number of amides is 1. The van der Waals surface area contributed by atoms with E-state index >= 15 is 0 Å². The van der Waals surface area contributed by atoms with Gasteiger partial charge in [-0.2, -0.15) is 5.10 Å². The first kappa shape index (κ1) is 16.6. The van der Waals surface area contributed by atoms with Gasteiger partial charge in [-0.05, 0) is 20.8 Å². The Hall–Kier alpha value is -2.45. The second-order valence-electron chi connectivity index (χ2n) is 4.55. The summed E-state index contributed by atoms with van der Waals surface area (Å²) in [5.41, 5.74) is 0.620. The summed E-state index contributed by atoms with van der Waals surface area (Å²) >= 11 is 0. The molecule has 0 aliphatic rings. The number of carboxylic acid groups (broad SMARTS) is 1. The van der Waals surface area contributed by atoms with Crippen molar-refractivity contribution >= 4 is 17.6 Å². The summed E-state index contributed by atoms with van der Waals surface area (Å²) in [6.07, 6.45) is 0.0419. The Morgan fingerprint density at radius 3 is 2.48 bits per heavy atom. The minimum absolute atomic E-state index is 0.0419. The lowest BCUT2D eigenvalue weighted by molar-refractivity contribution is -0.386. The molecule has 21 heavy (non-hydrogen) atoms. The molecule has 1 heterocycles. The fraction of sp³-hybridized carbons (Fsp3) is 0.583. The lowest BCUT2D eigenvalue weighted by Crippen LogP contribution is -2.35. The molecule has 1 aromatic rings. The van der Waals surface area contributed by atoms with Crippen molar-refractivity contribution < 1.29 is 19.6 Å². The van der Waals surface area contributed by atoms with E-state index in [-0.39, 0.29) is 31.1 Å². The zero-order valence-electron chi connectivity index (χ0n) is 12.2. The van der Waals surface area contributed by atoms with Crippen LogP contribution in [0.15, 0.2) is 0 Å². The maximum absolute atomic E-state index is 11.9. The van der Waals surface area contributed by atoms with Crippen LogP contribution in [0.3, 0.4) is 0 Å². The first-order valence-electron chi connectivity index (χ1n) is 6.45. The lowest BCUT2D eigenvalue weighted by Gasteiger charge is -2.18. The fourth-order valence-electron chi connectivity index (χ4n) is 2.07. The molecule has 0 fully saturated rings. The van der Waals surface area contributed by atoms with E-state index < -0.39 is 10.9 Å². The summed E-state index contributed by atoms with van der Waals surface area (Å²) < 4.78 is 1.40. The summed E-state index contributed by atoms with van der Waals surface area (Å²) in [5, 5.41) is 23.6. The summed E-state index contributed by atoms with van der Waals surface area (Å²) in [5.74, 6) is -1.40. The summed E-state index contributed by atoms with van der Waals surface area (Å²) in [7, 11) is 0.